The molecule has 1 fully saturated rings. The molecule has 7 nitrogen and oxygen atoms in total. The summed E-state index contributed by atoms with van der Waals surface area (Å²) in [7, 11) is 2.07. The molecule has 8 heteroatoms. The van der Waals surface area contributed by atoms with Crippen LogP contribution in [0.15, 0.2) is 22.7 Å². The average molecular weight is 340 g/mol. The summed E-state index contributed by atoms with van der Waals surface area (Å²) in [6.45, 7) is 6.69. The monoisotopic (exact) mass is 339 g/mol. The summed E-state index contributed by atoms with van der Waals surface area (Å²) in [5.74, 6) is 1.66. The first-order valence-electron chi connectivity index (χ1n) is 7.52. The Morgan fingerprint density at radius 1 is 1.35 bits per heavy atom. The van der Waals surface area contributed by atoms with Gasteiger partial charge in [0.15, 0.2) is 5.82 Å². The van der Waals surface area contributed by atoms with Crippen molar-refractivity contribution in [3.05, 3.63) is 24.0 Å². The molecular weight excluding hydrogens is 318 g/mol. The molecule has 1 atom stereocenters. The van der Waals surface area contributed by atoms with Gasteiger partial charge in [-0.05, 0) is 27.0 Å². The van der Waals surface area contributed by atoms with Crippen molar-refractivity contribution in [3.8, 4) is 17.5 Å². The first-order chi connectivity index (χ1) is 10.6. The molecule has 2 aromatic heterocycles. The maximum atomic E-state index is 5.60. The normalized spacial score (nSPS) is 18.7. The lowest BCUT2D eigenvalue weighted by Gasteiger charge is -2.30. The fourth-order valence-corrected chi connectivity index (χ4v) is 2.41. The molecule has 23 heavy (non-hydrogen) atoms. The molecule has 0 aromatic carbocycles. The van der Waals surface area contributed by atoms with Gasteiger partial charge < -0.3 is 14.6 Å². The van der Waals surface area contributed by atoms with E-state index in [1.54, 1.807) is 0 Å². The average Bonchev–Trinajstić information content (AvgIpc) is 2.97. The van der Waals surface area contributed by atoms with Crippen molar-refractivity contribution in [1.29, 1.82) is 0 Å². The van der Waals surface area contributed by atoms with Crippen LogP contribution < -0.4 is 10.1 Å². The van der Waals surface area contributed by atoms with E-state index in [0.29, 0.717) is 23.3 Å². The summed E-state index contributed by atoms with van der Waals surface area (Å²) >= 11 is 0. The van der Waals surface area contributed by atoms with Gasteiger partial charge in [0.2, 0.25) is 5.88 Å². The SMILES string of the molecule is CC(C)Oc1cccc(-c2nc(C3CNCCN3C)no2)n1.Cl. The van der Waals surface area contributed by atoms with Crippen molar-refractivity contribution < 1.29 is 9.26 Å². The van der Waals surface area contributed by atoms with Crippen LogP contribution in [0.2, 0.25) is 0 Å². The Morgan fingerprint density at radius 3 is 2.91 bits per heavy atom. The van der Waals surface area contributed by atoms with Gasteiger partial charge in [0.25, 0.3) is 5.89 Å². The largest absolute Gasteiger partial charge is 0.475 e. The maximum Gasteiger partial charge on any atom is 0.276 e. The fourth-order valence-electron chi connectivity index (χ4n) is 2.41. The van der Waals surface area contributed by atoms with Gasteiger partial charge in [-0.1, -0.05) is 11.2 Å². The van der Waals surface area contributed by atoms with E-state index in [4.69, 9.17) is 9.26 Å². The number of aromatic nitrogens is 3. The number of nitrogens with one attached hydrogen (secondary N) is 1. The standard InChI is InChI=1S/C15H21N5O2.ClH/c1-10(2)21-13-6-4-5-11(17-13)15-18-14(19-22-15)12-9-16-7-8-20(12)3;/h4-6,10,12,16H,7-9H2,1-3H3;1H. The third-order valence-corrected chi connectivity index (χ3v) is 3.55. The van der Waals surface area contributed by atoms with Crippen molar-refractivity contribution in [1.82, 2.24) is 25.3 Å². The quantitative estimate of drug-likeness (QED) is 0.911. The van der Waals surface area contributed by atoms with Gasteiger partial charge in [0, 0.05) is 25.7 Å². The first kappa shape index (κ1) is 17.7. The number of hydrogen-bond donors (Lipinski definition) is 1. The summed E-state index contributed by atoms with van der Waals surface area (Å²) in [5, 5.41) is 7.45. The van der Waals surface area contributed by atoms with E-state index in [1.807, 2.05) is 32.0 Å². The molecule has 1 aliphatic rings. The zero-order valence-electron chi connectivity index (χ0n) is 13.5. The van der Waals surface area contributed by atoms with Crippen LogP contribution in [0.1, 0.15) is 25.7 Å². The van der Waals surface area contributed by atoms with E-state index in [1.165, 1.54) is 0 Å². The zero-order valence-corrected chi connectivity index (χ0v) is 14.3. The van der Waals surface area contributed by atoms with Crippen molar-refractivity contribution in [2.75, 3.05) is 26.7 Å². The molecule has 0 aliphatic carbocycles. The maximum absolute atomic E-state index is 5.60. The lowest BCUT2D eigenvalue weighted by atomic mass is 10.2. The molecule has 0 saturated carbocycles. The van der Waals surface area contributed by atoms with E-state index < -0.39 is 0 Å². The summed E-state index contributed by atoms with van der Waals surface area (Å²) in [6.07, 6.45) is 0.0722. The summed E-state index contributed by atoms with van der Waals surface area (Å²) in [6, 6.07) is 5.66. The van der Waals surface area contributed by atoms with Crippen molar-refractivity contribution >= 4 is 12.4 Å². The number of rotatable bonds is 4. The molecule has 1 aliphatic heterocycles. The highest BCUT2D eigenvalue weighted by Crippen LogP contribution is 2.23. The van der Waals surface area contributed by atoms with Gasteiger partial charge >= 0.3 is 0 Å². The first-order valence-corrected chi connectivity index (χ1v) is 7.52. The Kier molecular flexibility index (Phi) is 5.92. The van der Waals surface area contributed by atoms with Gasteiger partial charge in [0.05, 0.1) is 12.1 Å². The van der Waals surface area contributed by atoms with E-state index >= 15 is 0 Å². The van der Waals surface area contributed by atoms with Gasteiger partial charge in [-0.3, -0.25) is 4.90 Å². The number of likely N-dealkylation sites (N-methyl/N-ethyl adjacent to an activating group) is 1. The van der Waals surface area contributed by atoms with Crippen LogP contribution in [0.4, 0.5) is 0 Å². The van der Waals surface area contributed by atoms with Gasteiger partial charge in [-0.25, -0.2) is 4.98 Å². The predicted molar refractivity (Wildman–Crippen MR) is 88.8 cm³/mol. The van der Waals surface area contributed by atoms with E-state index in [9.17, 15) is 0 Å². The Morgan fingerprint density at radius 2 is 2.17 bits per heavy atom. The number of pyridine rings is 1. The van der Waals surface area contributed by atoms with E-state index in [-0.39, 0.29) is 24.6 Å². The number of piperazine rings is 1. The Labute approximate surface area is 141 Å². The second-order valence-electron chi connectivity index (χ2n) is 5.69. The number of halogens is 1. The molecule has 2 aromatic rings. The lowest BCUT2D eigenvalue weighted by Crippen LogP contribution is -2.44. The summed E-state index contributed by atoms with van der Waals surface area (Å²) in [5.41, 5.74) is 0.628. The molecule has 1 N–H and O–H groups in total. The lowest BCUT2D eigenvalue weighted by molar-refractivity contribution is 0.190. The smallest absolute Gasteiger partial charge is 0.276 e. The van der Waals surface area contributed by atoms with Crippen molar-refractivity contribution in [3.63, 3.8) is 0 Å². The van der Waals surface area contributed by atoms with Gasteiger partial charge in [-0.2, -0.15) is 4.98 Å². The molecule has 126 valence electrons. The summed E-state index contributed by atoms with van der Waals surface area (Å²) in [4.78, 5) is 11.1. The van der Waals surface area contributed by atoms with Crippen LogP contribution in [-0.2, 0) is 0 Å². The number of ether oxygens (including phenoxy) is 1. The second kappa shape index (κ2) is 7.72. The van der Waals surface area contributed by atoms with Gasteiger partial charge in [0.1, 0.15) is 5.69 Å². The van der Waals surface area contributed by atoms with Crippen molar-refractivity contribution in [2.24, 2.45) is 0 Å². The van der Waals surface area contributed by atoms with Crippen LogP contribution in [-0.4, -0.2) is 52.8 Å². The Hall–Kier alpha value is -1.70. The molecule has 0 amide bonds. The highest BCUT2D eigenvalue weighted by Gasteiger charge is 2.25. The molecular formula is C15H22ClN5O2. The fraction of sp³-hybridized carbons (Fsp3) is 0.533. The topological polar surface area (TPSA) is 76.3 Å². The molecule has 0 spiro atoms. The predicted octanol–water partition coefficient (Wildman–Crippen LogP) is 1.92. The van der Waals surface area contributed by atoms with Crippen LogP contribution in [0.5, 0.6) is 5.88 Å². The van der Waals surface area contributed by atoms with Crippen LogP contribution in [0, 0.1) is 0 Å². The molecule has 1 saturated heterocycles. The van der Waals surface area contributed by atoms with Crippen LogP contribution >= 0.6 is 12.4 Å². The van der Waals surface area contributed by atoms with Crippen LogP contribution in [0.25, 0.3) is 11.6 Å². The number of hydrogen-bond acceptors (Lipinski definition) is 7. The molecule has 0 bridgehead atoms. The highest BCUT2D eigenvalue weighted by molar-refractivity contribution is 5.85. The Balaban J connectivity index is 0.00000192. The van der Waals surface area contributed by atoms with Crippen LogP contribution in [0.3, 0.4) is 0 Å². The molecule has 1 unspecified atom stereocenters. The summed E-state index contributed by atoms with van der Waals surface area (Å²) < 4.78 is 11.0. The third-order valence-electron chi connectivity index (χ3n) is 3.55. The van der Waals surface area contributed by atoms with E-state index in [0.717, 1.165) is 19.6 Å². The second-order valence-corrected chi connectivity index (χ2v) is 5.69. The molecule has 3 rings (SSSR count). The molecule has 3 heterocycles. The zero-order chi connectivity index (χ0) is 15.5. The molecule has 0 radical (unpaired) electrons. The Bertz CT molecular complexity index is 634. The highest BCUT2D eigenvalue weighted by atomic mass is 35.5. The minimum absolute atomic E-state index is 0. The minimum Gasteiger partial charge on any atom is -0.475 e. The third kappa shape index (κ3) is 4.19. The van der Waals surface area contributed by atoms with E-state index in [2.05, 4.69) is 32.4 Å². The number of nitrogens with zero attached hydrogens (tertiary/aromatic N) is 4. The van der Waals surface area contributed by atoms with Crippen molar-refractivity contribution in [2.45, 2.75) is 26.0 Å². The minimum atomic E-state index is 0. The van der Waals surface area contributed by atoms with Gasteiger partial charge in [-0.15, -0.1) is 12.4 Å².